The van der Waals surface area contributed by atoms with Crippen molar-refractivity contribution in [1.29, 1.82) is 0 Å². The summed E-state index contributed by atoms with van der Waals surface area (Å²) in [5.74, 6) is 0.0322. The van der Waals surface area contributed by atoms with Crippen molar-refractivity contribution in [3.8, 4) is 0 Å². The average Bonchev–Trinajstić information content (AvgIpc) is 2.72. The summed E-state index contributed by atoms with van der Waals surface area (Å²) in [5, 5.41) is 2.05. The van der Waals surface area contributed by atoms with Gasteiger partial charge in [0.1, 0.15) is 0 Å². The SMILES string of the molecule is Cc1ccc(C(c2cccs2)C(C)(N)Cl)cc1. The second-order valence-electron chi connectivity index (χ2n) is 4.51. The summed E-state index contributed by atoms with van der Waals surface area (Å²) < 4.78 is 0. The van der Waals surface area contributed by atoms with Crippen molar-refractivity contribution in [3.05, 3.63) is 57.8 Å². The lowest BCUT2D eigenvalue weighted by molar-refractivity contribution is 0.584. The summed E-state index contributed by atoms with van der Waals surface area (Å²) >= 11 is 8.04. The predicted molar refractivity (Wildman–Crippen MR) is 75.8 cm³/mol. The number of aryl methyl sites for hydroxylation is 1. The zero-order valence-corrected chi connectivity index (χ0v) is 11.6. The van der Waals surface area contributed by atoms with Crippen LogP contribution in [0.3, 0.4) is 0 Å². The van der Waals surface area contributed by atoms with Crippen LogP contribution < -0.4 is 5.73 Å². The highest BCUT2D eigenvalue weighted by Gasteiger charge is 2.31. The molecule has 2 aromatic rings. The summed E-state index contributed by atoms with van der Waals surface area (Å²) in [7, 11) is 0. The van der Waals surface area contributed by atoms with E-state index in [1.54, 1.807) is 11.3 Å². The average molecular weight is 266 g/mol. The van der Waals surface area contributed by atoms with E-state index >= 15 is 0 Å². The summed E-state index contributed by atoms with van der Waals surface area (Å²) in [4.78, 5) is 0.425. The first-order valence-corrected chi connectivity index (χ1v) is 6.82. The highest BCUT2D eigenvalue weighted by molar-refractivity contribution is 7.10. The van der Waals surface area contributed by atoms with E-state index in [2.05, 4.69) is 42.6 Å². The second kappa shape index (κ2) is 4.81. The van der Waals surface area contributed by atoms with Gasteiger partial charge in [0, 0.05) is 4.88 Å². The van der Waals surface area contributed by atoms with Gasteiger partial charge in [0.25, 0.3) is 0 Å². The molecule has 2 N–H and O–H groups in total. The van der Waals surface area contributed by atoms with E-state index in [4.69, 9.17) is 17.3 Å². The smallest absolute Gasteiger partial charge is 0.1000 e. The minimum absolute atomic E-state index is 0.0322. The van der Waals surface area contributed by atoms with Gasteiger partial charge in [-0.2, -0.15) is 0 Å². The van der Waals surface area contributed by atoms with E-state index in [0.717, 1.165) is 5.56 Å². The van der Waals surface area contributed by atoms with Gasteiger partial charge in [-0.25, -0.2) is 0 Å². The Morgan fingerprint density at radius 2 is 1.88 bits per heavy atom. The van der Waals surface area contributed by atoms with Crippen molar-refractivity contribution < 1.29 is 0 Å². The first kappa shape index (κ1) is 12.6. The van der Waals surface area contributed by atoms with Gasteiger partial charge in [0.05, 0.1) is 10.9 Å². The van der Waals surface area contributed by atoms with Crippen molar-refractivity contribution in [1.82, 2.24) is 0 Å². The van der Waals surface area contributed by atoms with E-state index in [1.807, 2.05) is 13.0 Å². The van der Waals surface area contributed by atoms with E-state index in [0.29, 0.717) is 0 Å². The van der Waals surface area contributed by atoms with Crippen LogP contribution in [0, 0.1) is 6.92 Å². The summed E-state index contributed by atoms with van der Waals surface area (Å²) in [5.41, 5.74) is 8.52. The number of nitrogens with two attached hydrogens (primary N) is 1. The van der Waals surface area contributed by atoms with Gasteiger partial charge in [-0.15, -0.1) is 22.9 Å². The number of alkyl halides is 1. The van der Waals surface area contributed by atoms with Crippen LogP contribution in [-0.4, -0.2) is 5.00 Å². The largest absolute Gasteiger partial charge is 0.312 e. The molecule has 0 radical (unpaired) electrons. The second-order valence-corrected chi connectivity index (χ2v) is 6.30. The molecule has 1 aromatic heterocycles. The Hall–Kier alpha value is -0.830. The minimum Gasteiger partial charge on any atom is -0.312 e. The van der Waals surface area contributed by atoms with Crippen LogP contribution in [0.1, 0.15) is 28.8 Å². The lowest BCUT2D eigenvalue weighted by atomic mass is 9.90. The van der Waals surface area contributed by atoms with E-state index in [1.165, 1.54) is 10.4 Å². The number of hydrogen-bond acceptors (Lipinski definition) is 2. The Morgan fingerprint density at radius 1 is 1.24 bits per heavy atom. The van der Waals surface area contributed by atoms with Gasteiger partial charge >= 0.3 is 0 Å². The molecule has 0 fully saturated rings. The van der Waals surface area contributed by atoms with Crippen LogP contribution >= 0.6 is 22.9 Å². The highest BCUT2D eigenvalue weighted by atomic mass is 35.5. The highest BCUT2D eigenvalue weighted by Crippen LogP contribution is 2.38. The molecular formula is C14H16ClNS. The third-order valence-corrected chi connectivity index (χ3v) is 3.96. The van der Waals surface area contributed by atoms with Gasteiger partial charge in [-0.3, -0.25) is 0 Å². The van der Waals surface area contributed by atoms with Gasteiger partial charge in [0.2, 0.25) is 0 Å². The summed E-state index contributed by atoms with van der Waals surface area (Å²) in [6.45, 7) is 3.94. The quantitative estimate of drug-likeness (QED) is 0.656. The topological polar surface area (TPSA) is 26.0 Å². The molecule has 0 bridgehead atoms. The Labute approximate surface area is 111 Å². The molecule has 2 atom stereocenters. The van der Waals surface area contributed by atoms with Gasteiger partial charge in [0.15, 0.2) is 0 Å². The van der Waals surface area contributed by atoms with Crippen LogP contribution in [0.15, 0.2) is 41.8 Å². The van der Waals surface area contributed by atoms with Crippen LogP contribution in [-0.2, 0) is 0 Å². The first-order valence-electron chi connectivity index (χ1n) is 5.56. The van der Waals surface area contributed by atoms with E-state index < -0.39 is 5.00 Å². The van der Waals surface area contributed by atoms with Crippen molar-refractivity contribution in [2.24, 2.45) is 5.73 Å². The molecule has 0 aliphatic carbocycles. The standard InChI is InChI=1S/C14H16ClNS/c1-10-5-7-11(8-6-10)13(14(2,15)16)12-4-3-9-17-12/h3-9,13H,16H2,1-2H3. The zero-order chi connectivity index (χ0) is 12.5. The Morgan fingerprint density at radius 3 is 2.35 bits per heavy atom. The van der Waals surface area contributed by atoms with E-state index in [-0.39, 0.29) is 5.92 Å². The maximum Gasteiger partial charge on any atom is 0.1000 e. The third kappa shape index (κ3) is 2.89. The van der Waals surface area contributed by atoms with Gasteiger partial charge < -0.3 is 5.73 Å². The molecule has 3 heteroatoms. The summed E-state index contributed by atoms with van der Waals surface area (Å²) in [6.07, 6.45) is 0. The lowest BCUT2D eigenvalue weighted by Gasteiger charge is -2.28. The molecule has 17 heavy (non-hydrogen) atoms. The Balaban J connectivity index is 2.45. The van der Waals surface area contributed by atoms with Crippen LogP contribution in [0.25, 0.3) is 0 Å². The number of thiophene rings is 1. The molecule has 0 saturated heterocycles. The third-order valence-electron chi connectivity index (χ3n) is 2.80. The molecule has 0 aliphatic heterocycles. The van der Waals surface area contributed by atoms with Crippen LogP contribution in [0.4, 0.5) is 0 Å². The predicted octanol–water partition coefficient (Wildman–Crippen LogP) is 4.10. The molecule has 90 valence electrons. The van der Waals surface area contributed by atoms with Crippen LogP contribution in [0.5, 0.6) is 0 Å². The van der Waals surface area contributed by atoms with Crippen molar-refractivity contribution in [2.45, 2.75) is 24.8 Å². The van der Waals surface area contributed by atoms with Crippen molar-refractivity contribution in [2.75, 3.05) is 0 Å². The van der Waals surface area contributed by atoms with Gasteiger partial charge in [-0.1, -0.05) is 35.9 Å². The molecule has 2 unspecified atom stereocenters. The zero-order valence-electron chi connectivity index (χ0n) is 9.98. The number of rotatable bonds is 3. The molecule has 0 amide bonds. The molecular weight excluding hydrogens is 250 g/mol. The molecule has 1 nitrogen and oxygen atoms in total. The molecule has 1 aromatic carbocycles. The van der Waals surface area contributed by atoms with Crippen LogP contribution in [0.2, 0.25) is 0 Å². The van der Waals surface area contributed by atoms with Gasteiger partial charge in [-0.05, 0) is 30.9 Å². The van der Waals surface area contributed by atoms with E-state index in [9.17, 15) is 0 Å². The molecule has 2 rings (SSSR count). The Bertz CT molecular complexity index is 468. The fourth-order valence-corrected chi connectivity index (χ4v) is 3.28. The molecule has 0 spiro atoms. The fourth-order valence-electron chi connectivity index (χ4n) is 1.98. The number of benzene rings is 1. The fraction of sp³-hybridized carbons (Fsp3) is 0.286. The first-order chi connectivity index (χ1) is 7.98. The van der Waals surface area contributed by atoms with Crippen molar-refractivity contribution in [3.63, 3.8) is 0 Å². The minimum atomic E-state index is -0.778. The lowest BCUT2D eigenvalue weighted by Crippen LogP contribution is -2.36. The Kier molecular flexibility index (Phi) is 3.57. The molecule has 0 aliphatic rings. The number of halogens is 1. The molecule has 1 heterocycles. The maximum absolute atomic E-state index is 6.35. The monoisotopic (exact) mass is 265 g/mol. The maximum atomic E-state index is 6.35. The summed E-state index contributed by atoms with van der Waals surface area (Å²) in [6, 6.07) is 12.5. The molecule has 0 saturated carbocycles. The van der Waals surface area contributed by atoms with Crippen molar-refractivity contribution >= 4 is 22.9 Å². The number of hydrogen-bond donors (Lipinski definition) is 1. The normalized spacial score (nSPS) is 16.5.